The standard InChI is InChI=1S/C15H20O4.C13H18O3.C10H12O3.C8H14O6/c1-11(2)9-10-18-15(17)14(19-12(3)16)13-7-5-4-6-8-13;1-10(2)8-9-16-13(15)12(14)11-6-4-3-5-7-11;1-2-13-10(12)9(11)8-6-4-3-5-7-8;1-3-13-7(11)5(9)6(10)8(12)14-4-2/h4-8,11,14H,9-10H2,1-3H3;3-7,10,12,14H,8-9H2,1-2H3;3-7,9,11H,2H2,1H3;5-6,9-10H,3-4H2,1-2H3. The first-order valence-electron chi connectivity index (χ1n) is 20.3. The highest BCUT2D eigenvalue weighted by molar-refractivity contribution is 5.85. The quantitative estimate of drug-likeness (QED) is 0.0882. The third-order valence-electron chi connectivity index (χ3n) is 7.80. The lowest BCUT2D eigenvalue weighted by Crippen LogP contribution is -2.41. The van der Waals surface area contributed by atoms with E-state index >= 15 is 0 Å². The normalized spacial score (nSPS) is 12.7. The molecule has 0 heterocycles. The lowest BCUT2D eigenvalue weighted by Gasteiger charge is -2.16. The van der Waals surface area contributed by atoms with Crippen molar-refractivity contribution in [3.8, 4) is 0 Å². The molecule has 344 valence electrons. The fourth-order valence-corrected chi connectivity index (χ4v) is 4.47. The van der Waals surface area contributed by atoms with Crippen molar-refractivity contribution in [2.75, 3.05) is 33.0 Å². The smallest absolute Gasteiger partial charge is 0.352 e. The summed E-state index contributed by atoms with van der Waals surface area (Å²) in [6.07, 6.45) is -5.51. The van der Waals surface area contributed by atoms with Crippen LogP contribution in [0, 0.1) is 11.8 Å². The Balaban J connectivity index is 0.000000809. The van der Waals surface area contributed by atoms with E-state index in [4.69, 9.17) is 24.4 Å². The van der Waals surface area contributed by atoms with Gasteiger partial charge in [-0.2, -0.15) is 0 Å². The van der Waals surface area contributed by atoms with Crippen molar-refractivity contribution < 1.29 is 77.6 Å². The van der Waals surface area contributed by atoms with Gasteiger partial charge in [0.25, 0.3) is 0 Å². The van der Waals surface area contributed by atoms with Gasteiger partial charge in [-0.3, -0.25) is 4.79 Å². The molecule has 0 saturated carbocycles. The molecule has 5 atom stereocenters. The SMILES string of the molecule is CC(=O)OC(C(=O)OCCC(C)C)c1ccccc1.CC(C)CCOC(=O)C(O)c1ccccc1.CCOC(=O)C(O)C(O)C(=O)OCC.CCOC(=O)C(O)c1ccccc1. The van der Waals surface area contributed by atoms with Crippen LogP contribution < -0.4 is 0 Å². The van der Waals surface area contributed by atoms with Gasteiger partial charge in [-0.15, -0.1) is 0 Å². The zero-order valence-corrected chi connectivity index (χ0v) is 36.8. The van der Waals surface area contributed by atoms with E-state index < -0.39 is 66.3 Å². The molecule has 0 fully saturated rings. The lowest BCUT2D eigenvalue weighted by molar-refractivity contribution is -0.172. The molecule has 16 nitrogen and oxygen atoms in total. The lowest BCUT2D eigenvalue weighted by atomic mass is 10.1. The zero-order chi connectivity index (χ0) is 47.0. The summed E-state index contributed by atoms with van der Waals surface area (Å²) >= 11 is 0. The Kier molecular flexibility index (Phi) is 30.0. The molecule has 0 spiro atoms. The van der Waals surface area contributed by atoms with Crippen molar-refractivity contribution >= 4 is 35.8 Å². The van der Waals surface area contributed by atoms with Crippen LogP contribution in [0.1, 0.15) is 103 Å². The van der Waals surface area contributed by atoms with E-state index in [1.807, 2.05) is 18.2 Å². The summed E-state index contributed by atoms with van der Waals surface area (Å²) in [5.41, 5.74) is 1.74. The maximum Gasteiger partial charge on any atom is 0.352 e. The molecule has 0 bridgehead atoms. The Morgan fingerprint density at radius 1 is 0.452 bits per heavy atom. The van der Waals surface area contributed by atoms with Gasteiger partial charge < -0.3 is 48.8 Å². The van der Waals surface area contributed by atoms with Crippen LogP contribution in [-0.2, 0) is 57.2 Å². The third-order valence-corrected chi connectivity index (χ3v) is 7.80. The molecule has 3 aromatic rings. The first-order chi connectivity index (χ1) is 29.4. The maximum absolute atomic E-state index is 12.0. The highest BCUT2D eigenvalue weighted by atomic mass is 16.6. The number of hydrogen-bond donors (Lipinski definition) is 4. The number of esters is 6. The van der Waals surface area contributed by atoms with Crippen molar-refractivity contribution in [3.63, 3.8) is 0 Å². The number of ether oxygens (including phenoxy) is 6. The fourth-order valence-electron chi connectivity index (χ4n) is 4.47. The van der Waals surface area contributed by atoms with E-state index in [1.54, 1.807) is 93.6 Å². The average Bonchev–Trinajstić information content (AvgIpc) is 3.26. The summed E-state index contributed by atoms with van der Waals surface area (Å²) in [4.78, 5) is 67.3. The molecule has 5 unspecified atom stereocenters. The Hall–Kier alpha value is -5.68. The largest absolute Gasteiger partial charge is 0.464 e. The number of aliphatic hydroxyl groups is 4. The first kappa shape index (κ1) is 56.3. The number of carbonyl (C=O) groups is 6. The maximum atomic E-state index is 12.0. The summed E-state index contributed by atoms with van der Waals surface area (Å²) in [7, 11) is 0. The molecule has 3 rings (SSSR count). The van der Waals surface area contributed by atoms with Gasteiger partial charge in [0, 0.05) is 12.5 Å². The van der Waals surface area contributed by atoms with Gasteiger partial charge in [0.05, 0.1) is 33.0 Å². The molecule has 0 aliphatic carbocycles. The molecule has 0 amide bonds. The van der Waals surface area contributed by atoms with Crippen LogP contribution in [0.3, 0.4) is 0 Å². The summed E-state index contributed by atoms with van der Waals surface area (Å²) in [5, 5.41) is 37.3. The number of aliphatic hydroxyl groups excluding tert-OH is 4. The Bertz CT molecular complexity index is 1680. The summed E-state index contributed by atoms with van der Waals surface area (Å²) in [6.45, 7) is 15.4. The average molecular weight is 873 g/mol. The highest BCUT2D eigenvalue weighted by Crippen LogP contribution is 2.20. The molecule has 3 aromatic carbocycles. The number of benzene rings is 3. The van der Waals surface area contributed by atoms with Crippen LogP contribution in [0.4, 0.5) is 0 Å². The monoisotopic (exact) mass is 872 g/mol. The molecule has 0 aliphatic rings. The molecule has 16 heteroatoms. The third kappa shape index (κ3) is 24.5. The second kappa shape index (κ2) is 33.0. The van der Waals surface area contributed by atoms with Crippen LogP contribution in [0.25, 0.3) is 0 Å². The van der Waals surface area contributed by atoms with E-state index in [1.165, 1.54) is 6.92 Å². The summed E-state index contributed by atoms with van der Waals surface area (Å²) < 4.78 is 28.6. The van der Waals surface area contributed by atoms with E-state index in [9.17, 15) is 39.0 Å². The second-order valence-electron chi connectivity index (χ2n) is 13.9. The molecule has 62 heavy (non-hydrogen) atoms. The second-order valence-corrected chi connectivity index (χ2v) is 13.9. The van der Waals surface area contributed by atoms with Gasteiger partial charge in [0.2, 0.25) is 6.10 Å². The fraction of sp³-hybridized carbons (Fsp3) is 0.478. The predicted octanol–water partition coefficient (Wildman–Crippen LogP) is 5.31. The number of hydrogen-bond acceptors (Lipinski definition) is 16. The topological polar surface area (TPSA) is 239 Å². The minimum Gasteiger partial charge on any atom is -0.464 e. The van der Waals surface area contributed by atoms with Gasteiger partial charge in [-0.25, -0.2) is 24.0 Å². The molecular formula is C46H64O16. The molecule has 0 radical (unpaired) electrons. The van der Waals surface area contributed by atoms with Gasteiger partial charge >= 0.3 is 35.8 Å². The van der Waals surface area contributed by atoms with Crippen LogP contribution in [0.5, 0.6) is 0 Å². The Morgan fingerprint density at radius 2 is 0.758 bits per heavy atom. The van der Waals surface area contributed by atoms with Crippen molar-refractivity contribution in [3.05, 3.63) is 108 Å². The van der Waals surface area contributed by atoms with E-state index in [2.05, 4.69) is 41.9 Å². The van der Waals surface area contributed by atoms with Crippen LogP contribution in [-0.4, -0.2) is 101 Å². The van der Waals surface area contributed by atoms with E-state index in [-0.39, 0.29) is 19.8 Å². The molecular weight excluding hydrogens is 808 g/mol. The molecule has 0 aromatic heterocycles. The Morgan fingerprint density at radius 3 is 1.08 bits per heavy atom. The first-order valence-corrected chi connectivity index (χ1v) is 20.3. The molecule has 0 saturated heterocycles. The predicted molar refractivity (Wildman–Crippen MR) is 226 cm³/mol. The molecule has 4 N–H and O–H groups in total. The van der Waals surface area contributed by atoms with Gasteiger partial charge in [0.1, 0.15) is 0 Å². The minimum absolute atomic E-state index is 0.0610. The van der Waals surface area contributed by atoms with Crippen molar-refractivity contribution in [2.45, 2.75) is 98.8 Å². The number of rotatable bonds is 19. The van der Waals surface area contributed by atoms with Gasteiger partial charge in [0.15, 0.2) is 24.4 Å². The van der Waals surface area contributed by atoms with Gasteiger partial charge in [-0.1, -0.05) is 119 Å². The van der Waals surface area contributed by atoms with Crippen molar-refractivity contribution in [1.29, 1.82) is 0 Å². The van der Waals surface area contributed by atoms with Crippen molar-refractivity contribution in [2.24, 2.45) is 11.8 Å². The highest BCUT2D eigenvalue weighted by Gasteiger charge is 2.32. The number of carbonyl (C=O) groups excluding carboxylic acids is 6. The van der Waals surface area contributed by atoms with Crippen LogP contribution in [0.15, 0.2) is 91.0 Å². The van der Waals surface area contributed by atoms with E-state index in [0.717, 1.165) is 12.8 Å². The Labute approximate surface area is 364 Å². The summed E-state index contributed by atoms with van der Waals surface area (Å²) in [6, 6.07) is 26.4. The van der Waals surface area contributed by atoms with Crippen LogP contribution >= 0.6 is 0 Å². The minimum atomic E-state index is -1.89. The van der Waals surface area contributed by atoms with E-state index in [0.29, 0.717) is 41.7 Å². The van der Waals surface area contributed by atoms with Gasteiger partial charge in [-0.05, 0) is 56.6 Å². The molecule has 0 aliphatic heterocycles. The summed E-state index contributed by atoms with van der Waals surface area (Å²) in [5.74, 6) is -3.36. The van der Waals surface area contributed by atoms with Crippen LogP contribution in [0.2, 0.25) is 0 Å². The zero-order valence-electron chi connectivity index (χ0n) is 36.8. The van der Waals surface area contributed by atoms with Crippen molar-refractivity contribution in [1.82, 2.24) is 0 Å².